The van der Waals surface area contributed by atoms with Gasteiger partial charge in [-0.15, -0.1) is 0 Å². The van der Waals surface area contributed by atoms with Gasteiger partial charge in [0.05, 0.1) is 0 Å². The largest absolute Gasteiger partial charge is 0.480 e. The molecule has 0 heterocycles. The fourth-order valence-electron chi connectivity index (χ4n) is 5.41. The summed E-state index contributed by atoms with van der Waals surface area (Å²) >= 11 is 0. The minimum absolute atomic E-state index is 0.116. The lowest BCUT2D eigenvalue weighted by atomic mass is 10.1. The number of carbonyl (C=O) groups is 3. The summed E-state index contributed by atoms with van der Waals surface area (Å²) in [7, 11) is 0. The van der Waals surface area contributed by atoms with Crippen molar-refractivity contribution in [2.24, 2.45) is 0 Å². The lowest BCUT2D eigenvalue weighted by Crippen LogP contribution is -2.28. The van der Waals surface area contributed by atoms with Crippen molar-refractivity contribution in [3.63, 3.8) is 0 Å². The molecule has 0 aromatic heterocycles. The Hall–Kier alpha value is -3.67. The van der Waals surface area contributed by atoms with Gasteiger partial charge in [-0.3, -0.25) is 14.4 Å². The molecule has 0 aliphatic rings. The molecule has 1 unspecified atom stereocenters. The number of amides is 1. The van der Waals surface area contributed by atoms with Crippen molar-refractivity contribution < 1.29 is 24.2 Å². The maximum atomic E-state index is 12.7. The Labute approximate surface area is 324 Å². The minimum atomic E-state index is -1.02. The standard InChI is InChI=1S/C47H75NO5/c1-3-5-7-9-11-13-14-15-16-17-18-19-20-21-22-23-24-26-28-34-38-42-47(52)53-44(39-35-31-27-25-12-10-8-6-4-2)40-36-32-29-30-33-37-41-45(49)48-43-46(50)51/h5,7,11,13,15-16,18-19,21-22,24-27,35,39,44H,3-4,6,8-10,12,14,17,20,23,28-34,36-38,40-43H2,1-2H3,(H,48,49)(H,50,51)/b7-5-,13-11-,16-15-,19-18-,22-21-,26-24-,27-25-,39-35-. The Morgan fingerprint density at radius 2 is 0.981 bits per heavy atom. The highest BCUT2D eigenvalue weighted by Crippen LogP contribution is 2.14. The van der Waals surface area contributed by atoms with Crippen molar-refractivity contribution in [2.45, 2.75) is 174 Å². The molecule has 53 heavy (non-hydrogen) atoms. The minimum Gasteiger partial charge on any atom is -0.480 e. The average Bonchev–Trinajstić information content (AvgIpc) is 3.14. The van der Waals surface area contributed by atoms with Gasteiger partial charge in [0.2, 0.25) is 5.91 Å². The predicted octanol–water partition coefficient (Wildman–Crippen LogP) is 13.0. The highest BCUT2D eigenvalue weighted by Gasteiger charge is 2.11. The first kappa shape index (κ1) is 49.3. The smallest absolute Gasteiger partial charge is 0.322 e. The molecule has 6 nitrogen and oxygen atoms in total. The summed E-state index contributed by atoms with van der Waals surface area (Å²) < 4.78 is 5.90. The molecule has 0 rings (SSSR count). The first-order valence-corrected chi connectivity index (χ1v) is 20.9. The van der Waals surface area contributed by atoms with E-state index in [2.05, 4.69) is 116 Å². The van der Waals surface area contributed by atoms with Gasteiger partial charge < -0.3 is 15.2 Å². The molecule has 0 fully saturated rings. The fraction of sp³-hybridized carbons (Fsp3) is 0.596. The number of hydrogen-bond acceptors (Lipinski definition) is 4. The molecular weight excluding hydrogens is 659 g/mol. The Kier molecular flexibility index (Phi) is 38.2. The zero-order valence-corrected chi connectivity index (χ0v) is 33.6. The van der Waals surface area contributed by atoms with E-state index in [-0.39, 0.29) is 24.5 Å². The fourth-order valence-corrected chi connectivity index (χ4v) is 5.41. The number of ether oxygens (including phenoxy) is 1. The molecular formula is C47H75NO5. The van der Waals surface area contributed by atoms with Gasteiger partial charge in [-0.05, 0) is 102 Å². The van der Waals surface area contributed by atoms with Crippen LogP contribution < -0.4 is 5.32 Å². The van der Waals surface area contributed by atoms with E-state index in [1.165, 1.54) is 25.7 Å². The van der Waals surface area contributed by atoms with Crippen molar-refractivity contribution in [2.75, 3.05) is 6.54 Å². The summed E-state index contributed by atoms with van der Waals surface area (Å²) in [5, 5.41) is 11.0. The van der Waals surface area contributed by atoms with Crippen molar-refractivity contribution in [1.82, 2.24) is 5.32 Å². The molecule has 1 atom stereocenters. The number of allylic oxidation sites excluding steroid dienone is 15. The number of carboxylic acids is 1. The Balaban J connectivity index is 4.28. The predicted molar refractivity (Wildman–Crippen MR) is 226 cm³/mol. The van der Waals surface area contributed by atoms with Gasteiger partial charge in [0, 0.05) is 12.8 Å². The zero-order valence-electron chi connectivity index (χ0n) is 33.6. The number of aliphatic carboxylic acids is 1. The lowest BCUT2D eigenvalue weighted by molar-refractivity contribution is -0.147. The van der Waals surface area contributed by atoms with Crippen molar-refractivity contribution >= 4 is 17.8 Å². The van der Waals surface area contributed by atoms with E-state index in [1.54, 1.807) is 0 Å². The topological polar surface area (TPSA) is 92.7 Å². The van der Waals surface area contributed by atoms with E-state index >= 15 is 0 Å². The quantitative estimate of drug-likeness (QED) is 0.0380. The lowest BCUT2D eigenvalue weighted by Gasteiger charge is -2.14. The van der Waals surface area contributed by atoms with Gasteiger partial charge in [0.1, 0.15) is 12.6 Å². The number of carbonyl (C=O) groups excluding carboxylic acids is 2. The number of rotatable bonds is 36. The molecule has 0 saturated carbocycles. The zero-order chi connectivity index (χ0) is 38.7. The molecule has 0 saturated heterocycles. The summed E-state index contributed by atoms with van der Waals surface area (Å²) in [4.78, 5) is 34.9. The van der Waals surface area contributed by atoms with Crippen molar-refractivity contribution in [1.29, 1.82) is 0 Å². The van der Waals surface area contributed by atoms with Gasteiger partial charge in [-0.2, -0.15) is 0 Å². The van der Waals surface area contributed by atoms with Gasteiger partial charge in [-0.1, -0.05) is 150 Å². The first-order chi connectivity index (χ1) is 26.0. The third kappa shape index (κ3) is 41.0. The average molecular weight is 734 g/mol. The van der Waals surface area contributed by atoms with Crippen LogP contribution in [-0.4, -0.2) is 35.6 Å². The van der Waals surface area contributed by atoms with Crippen molar-refractivity contribution in [3.8, 4) is 0 Å². The molecule has 1 amide bonds. The van der Waals surface area contributed by atoms with Gasteiger partial charge in [0.15, 0.2) is 0 Å². The van der Waals surface area contributed by atoms with E-state index in [1.807, 2.05) is 0 Å². The monoisotopic (exact) mass is 734 g/mol. The molecule has 0 radical (unpaired) electrons. The van der Waals surface area contributed by atoms with Crippen LogP contribution in [0, 0.1) is 0 Å². The molecule has 0 aromatic rings. The summed E-state index contributed by atoms with van der Waals surface area (Å²) in [6, 6.07) is 0. The van der Waals surface area contributed by atoms with E-state index in [9.17, 15) is 14.4 Å². The van der Waals surface area contributed by atoms with Crippen LogP contribution in [0.1, 0.15) is 168 Å². The molecule has 0 aromatic carbocycles. The number of nitrogens with one attached hydrogen (secondary N) is 1. The van der Waals surface area contributed by atoms with E-state index in [4.69, 9.17) is 9.84 Å². The second-order valence-corrected chi connectivity index (χ2v) is 13.5. The molecule has 0 spiro atoms. The molecule has 0 aliphatic carbocycles. The number of unbranched alkanes of at least 4 members (excludes halogenated alkanes) is 11. The van der Waals surface area contributed by atoms with Crippen LogP contribution in [0.4, 0.5) is 0 Å². The summed E-state index contributed by atoms with van der Waals surface area (Å²) in [6.45, 7) is 4.06. The van der Waals surface area contributed by atoms with Crippen molar-refractivity contribution in [3.05, 3.63) is 97.2 Å². The second kappa shape index (κ2) is 41.1. The van der Waals surface area contributed by atoms with Crippen LogP contribution in [0.5, 0.6) is 0 Å². The van der Waals surface area contributed by atoms with E-state index in [0.29, 0.717) is 12.8 Å². The number of hydrogen-bond donors (Lipinski definition) is 2. The summed E-state index contributed by atoms with van der Waals surface area (Å²) in [6.07, 6.45) is 58.3. The molecule has 0 aliphatic heterocycles. The van der Waals surface area contributed by atoms with Gasteiger partial charge in [0.25, 0.3) is 0 Å². The Morgan fingerprint density at radius 3 is 1.53 bits per heavy atom. The normalized spacial score (nSPS) is 13.1. The number of esters is 1. The Morgan fingerprint density at radius 1 is 0.528 bits per heavy atom. The van der Waals surface area contributed by atoms with Crippen LogP contribution in [0.2, 0.25) is 0 Å². The third-order valence-corrected chi connectivity index (χ3v) is 8.47. The Bertz CT molecular complexity index is 1120. The highest BCUT2D eigenvalue weighted by molar-refractivity contribution is 5.80. The van der Waals surface area contributed by atoms with Gasteiger partial charge in [-0.25, -0.2) is 0 Å². The van der Waals surface area contributed by atoms with Crippen LogP contribution in [0.15, 0.2) is 97.2 Å². The summed E-state index contributed by atoms with van der Waals surface area (Å²) in [5.41, 5.74) is 0. The maximum absolute atomic E-state index is 12.7. The van der Waals surface area contributed by atoms with Crippen LogP contribution in [-0.2, 0) is 19.1 Å². The molecule has 2 N–H and O–H groups in total. The third-order valence-electron chi connectivity index (χ3n) is 8.47. The second-order valence-electron chi connectivity index (χ2n) is 13.5. The number of carboxylic acid groups (broad SMARTS) is 1. The van der Waals surface area contributed by atoms with Crippen LogP contribution in [0.25, 0.3) is 0 Å². The van der Waals surface area contributed by atoms with Crippen LogP contribution in [0.3, 0.4) is 0 Å². The van der Waals surface area contributed by atoms with Gasteiger partial charge >= 0.3 is 11.9 Å². The highest BCUT2D eigenvalue weighted by atomic mass is 16.5. The maximum Gasteiger partial charge on any atom is 0.322 e. The first-order valence-electron chi connectivity index (χ1n) is 20.9. The van der Waals surface area contributed by atoms with E-state index < -0.39 is 5.97 Å². The molecule has 0 bridgehead atoms. The summed E-state index contributed by atoms with van der Waals surface area (Å²) in [5.74, 6) is -1.35. The molecule has 298 valence electrons. The van der Waals surface area contributed by atoms with E-state index in [0.717, 1.165) is 116 Å². The molecule has 6 heteroatoms. The SMILES string of the molecule is CC/C=C\C/C=C\C/C=C\C/C=C\C/C=C\C/C=C\CCCCC(=O)OC(/C=C\C/C=C\CCCCCC)CCCCCCCCC(=O)NCC(=O)O. The van der Waals surface area contributed by atoms with Crippen LogP contribution >= 0.6 is 0 Å².